The molecule has 1 aliphatic heterocycles. The second kappa shape index (κ2) is 6.73. The van der Waals surface area contributed by atoms with E-state index in [2.05, 4.69) is 34.6 Å². The van der Waals surface area contributed by atoms with Crippen LogP contribution in [0.25, 0.3) is 0 Å². The molecule has 1 aromatic heterocycles. The summed E-state index contributed by atoms with van der Waals surface area (Å²) in [4.78, 5) is 7.38. The van der Waals surface area contributed by atoms with Crippen molar-refractivity contribution in [3.8, 4) is 0 Å². The standard InChI is InChI=1S/C16H27N3OS/c1-13-18-14(12-21-13)11-15(17-2)16(5-3-4-6-16)19-7-9-20-10-8-19/h12,15,17H,3-11H2,1-2H3. The number of likely N-dealkylation sites (N-methyl/N-ethyl adjacent to an activating group) is 1. The molecule has 1 saturated heterocycles. The SMILES string of the molecule is CNC(Cc1csc(C)n1)C1(N2CCOCC2)CCCC1. The van der Waals surface area contributed by atoms with E-state index in [0.717, 1.165) is 32.7 Å². The van der Waals surface area contributed by atoms with E-state index in [4.69, 9.17) is 4.74 Å². The van der Waals surface area contributed by atoms with Crippen LogP contribution in [0.15, 0.2) is 5.38 Å². The minimum atomic E-state index is 0.302. The molecule has 0 aromatic carbocycles. The van der Waals surface area contributed by atoms with E-state index < -0.39 is 0 Å². The first-order chi connectivity index (χ1) is 10.2. The van der Waals surface area contributed by atoms with Crippen LogP contribution in [0.2, 0.25) is 0 Å². The molecule has 21 heavy (non-hydrogen) atoms. The topological polar surface area (TPSA) is 37.4 Å². The van der Waals surface area contributed by atoms with Crippen molar-refractivity contribution < 1.29 is 4.74 Å². The first-order valence-electron chi connectivity index (χ1n) is 8.16. The molecular formula is C16H27N3OS. The van der Waals surface area contributed by atoms with E-state index in [9.17, 15) is 0 Å². The Morgan fingerprint density at radius 2 is 2.10 bits per heavy atom. The molecule has 5 heteroatoms. The molecule has 1 unspecified atom stereocenters. The summed E-state index contributed by atoms with van der Waals surface area (Å²) >= 11 is 1.76. The highest BCUT2D eigenvalue weighted by Crippen LogP contribution is 2.39. The van der Waals surface area contributed by atoms with Crippen LogP contribution in [0.5, 0.6) is 0 Å². The Morgan fingerprint density at radius 1 is 1.38 bits per heavy atom. The third kappa shape index (κ3) is 3.16. The molecule has 1 atom stereocenters. The highest BCUT2D eigenvalue weighted by molar-refractivity contribution is 7.09. The highest BCUT2D eigenvalue weighted by Gasteiger charge is 2.45. The molecule has 118 valence electrons. The van der Waals surface area contributed by atoms with E-state index >= 15 is 0 Å². The zero-order valence-electron chi connectivity index (χ0n) is 13.2. The Bertz CT molecular complexity index is 450. The molecule has 1 aromatic rings. The van der Waals surface area contributed by atoms with Gasteiger partial charge in [0.25, 0.3) is 0 Å². The van der Waals surface area contributed by atoms with Crippen LogP contribution in [0, 0.1) is 6.92 Å². The smallest absolute Gasteiger partial charge is 0.0897 e. The Balaban J connectivity index is 1.79. The van der Waals surface area contributed by atoms with Crippen LogP contribution < -0.4 is 5.32 Å². The van der Waals surface area contributed by atoms with Gasteiger partial charge in [-0.3, -0.25) is 4.90 Å². The Morgan fingerprint density at radius 3 is 2.67 bits per heavy atom. The maximum atomic E-state index is 5.57. The normalized spacial score (nSPS) is 24.3. The van der Waals surface area contributed by atoms with Gasteiger partial charge in [-0.2, -0.15) is 0 Å². The van der Waals surface area contributed by atoms with Crippen molar-refractivity contribution in [1.82, 2.24) is 15.2 Å². The van der Waals surface area contributed by atoms with Crippen LogP contribution in [-0.2, 0) is 11.2 Å². The number of hydrogen-bond acceptors (Lipinski definition) is 5. The lowest BCUT2D eigenvalue weighted by Gasteiger charge is -2.48. The first kappa shape index (κ1) is 15.4. The molecule has 0 spiro atoms. The van der Waals surface area contributed by atoms with Crippen LogP contribution in [0.4, 0.5) is 0 Å². The highest BCUT2D eigenvalue weighted by atomic mass is 32.1. The molecule has 0 amide bonds. The van der Waals surface area contributed by atoms with Crippen molar-refractivity contribution in [1.29, 1.82) is 0 Å². The number of rotatable bonds is 5. The number of ether oxygens (including phenoxy) is 1. The van der Waals surface area contributed by atoms with Crippen LogP contribution in [-0.4, -0.2) is 54.8 Å². The fourth-order valence-electron chi connectivity index (χ4n) is 4.15. The predicted molar refractivity (Wildman–Crippen MR) is 87.0 cm³/mol. The van der Waals surface area contributed by atoms with Gasteiger partial charge in [0.05, 0.1) is 23.9 Å². The van der Waals surface area contributed by atoms with E-state index in [1.165, 1.54) is 36.4 Å². The van der Waals surface area contributed by atoms with Crippen molar-refractivity contribution in [2.45, 2.75) is 50.6 Å². The molecule has 1 aliphatic carbocycles. The molecule has 4 nitrogen and oxygen atoms in total. The van der Waals surface area contributed by atoms with Gasteiger partial charge in [0, 0.05) is 36.5 Å². The average Bonchev–Trinajstić information content (AvgIpc) is 3.15. The molecule has 1 saturated carbocycles. The Labute approximate surface area is 131 Å². The number of hydrogen-bond donors (Lipinski definition) is 1. The molecule has 3 rings (SSSR count). The Kier molecular flexibility index (Phi) is 4.94. The number of aromatic nitrogens is 1. The first-order valence-corrected chi connectivity index (χ1v) is 9.04. The second-order valence-electron chi connectivity index (χ2n) is 6.31. The molecule has 1 N–H and O–H groups in total. The number of nitrogens with one attached hydrogen (secondary N) is 1. The number of nitrogens with zero attached hydrogens (tertiary/aromatic N) is 2. The van der Waals surface area contributed by atoms with Crippen molar-refractivity contribution in [3.63, 3.8) is 0 Å². The molecule has 0 bridgehead atoms. The van der Waals surface area contributed by atoms with Crippen molar-refractivity contribution >= 4 is 11.3 Å². The number of thiazole rings is 1. The third-order valence-corrected chi connectivity index (χ3v) is 6.01. The van der Waals surface area contributed by atoms with Gasteiger partial charge in [-0.1, -0.05) is 12.8 Å². The molecule has 2 heterocycles. The summed E-state index contributed by atoms with van der Waals surface area (Å²) in [5.74, 6) is 0. The van der Waals surface area contributed by atoms with E-state index in [1.54, 1.807) is 11.3 Å². The van der Waals surface area contributed by atoms with Crippen LogP contribution >= 0.6 is 11.3 Å². The third-order valence-electron chi connectivity index (χ3n) is 5.19. The van der Waals surface area contributed by atoms with E-state index in [-0.39, 0.29) is 0 Å². The summed E-state index contributed by atoms with van der Waals surface area (Å²) in [5, 5.41) is 7.02. The molecular weight excluding hydrogens is 282 g/mol. The maximum Gasteiger partial charge on any atom is 0.0897 e. The zero-order chi connectivity index (χ0) is 14.7. The summed E-state index contributed by atoms with van der Waals surface area (Å²) in [6, 6.07) is 0.486. The number of aryl methyl sites for hydroxylation is 1. The van der Waals surface area contributed by atoms with Gasteiger partial charge in [-0.15, -0.1) is 11.3 Å². The predicted octanol–water partition coefficient (Wildman–Crippen LogP) is 2.23. The van der Waals surface area contributed by atoms with Gasteiger partial charge >= 0.3 is 0 Å². The van der Waals surface area contributed by atoms with Crippen molar-refractivity contribution in [3.05, 3.63) is 16.1 Å². The minimum absolute atomic E-state index is 0.302. The fraction of sp³-hybridized carbons (Fsp3) is 0.812. The second-order valence-corrected chi connectivity index (χ2v) is 7.38. The quantitative estimate of drug-likeness (QED) is 0.905. The number of morpholine rings is 1. The van der Waals surface area contributed by atoms with Gasteiger partial charge < -0.3 is 10.1 Å². The van der Waals surface area contributed by atoms with Crippen molar-refractivity contribution in [2.24, 2.45) is 0 Å². The van der Waals surface area contributed by atoms with Gasteiger partial charge in [0.15, 0.2) is 0 Å². The van der Waals surface area contributed by atoms with Crippen LogP contribution in [0.1, 0.15) is 36.4 Å². The largest absolute Gasteiger partial charge is 0.379 e. The summed E-state index contributed by atoms with van der Waals surface area (Å²) in [5.41, 5.74) is 1.55. The lowest BCUT2D eigenvalue weighted by atomic mass is 9.83. The van der Waals surface area contributed by atoms with Crippen molar-refractivity contribution in [2.75, 3.05) is 33.4 Å². The monoisotopic (exact) mass is 309 g/mol. The van der Waals surface area contributed by atoms with Crippen LogP contribution in [0.3, 0.4) is 0 Å². The van der Waals surface area contributed by atoms with Gasteiger partial charge in [0.1, 0.15) is 0 Å². The van der Waals surface area contributed by atoms with Gasteiger partial charge in [-0.25, -0.2) is 4.98 Å². The molecule has 0 radical (unpaired) electrons. The molecule has 2 aliphatic rings. The van der Waals surface area contributed by atoms with Gasteiger partial charge in [0.2, 0.25) is 0 Å². The van der Waals surface area contributed by atoms with E-state index in [1.807, 2.05) is 0 Å². The maximum absolute atomic E-state index is 5.57. The summed E-state index contributed by atoms with van der Waals surface area (Å²) in [7, 11) is 2.12. The summed E-state index contributed by atoms with van der Waals surface area (Å²) in [6.07, 6.45) is 6.36. The zero-order valence-corrected chi connectivity index (χ0v) is 14.0. The minimum Gasteiger partial charge on any atom is -0.379 e. The Hall–Kier alpha value is -0.490. The van der Waals surface area contributed by atoms with Gasteiger partial charge in [-0.05, 0) is 26.8 Å². The average molecular weight is 309 g/mol. The van der Waals surface area contributed by atoms with E-state index in [0.29, 0.717) is 11.6 Å². The fourth-order valence-corrected chi connectivity index (χ4v) is 4.78. The molecule has 2 fully saturated rings. The summed E-state index contributed by atoms with van der Waals surface area (Å²) in [6.45, 7) is 6.01. The lowest BCUT2D eigenvalue weighted by Crippen LogP contribution is -2.62. The lowest BCUT2D eigenvalue weighted by molar-refractivity contribution is -0.0348. The summed E-state index contributed by atoms with van der Waals surface area (Å²) < 4.78 is 5.57.